The van der Waals surface area contributed by atoms with E-state index in [9.17, 15) is 18.4 Å². The second-order valence-corrected chi connectivity index (χ2v) is 11.5. The summed E-state index contributed by atoms with van der Waals surface area (Å²) in [7, 11) is 0. The van der Waals surface area contributed by atoms with Gasteiger partial charge in [0.25, 0.3) is 6.43 Å². The molecule has 3 saturated heterocycles. The number of rotatable bonds is 6. The van der Waals surface area contributed by atoms with E-state index in [2.05, 4.69) is 15.0 Å². The van der Waals surface area contributed by atoms with Crippen LogP contribution in [-0.2, 0) is 15.2 Å². The van der Waals surface area contributed by atoms with Crippen LogP contribution in [0.5, 0.6) is 5.88 Å². The van der Waals surface area contributed by atoms with Crippen LogP contribution in [0.2, 0.25) is 5.02 Å². The van der Waals surface area contributed by atoms with Gasteiger partial charge in [0.05, 0.1) is 29.2 Å². The maximum absolute atomic E-state index is 16.6. The maximum atomic E-state index is 16.6. The number of ketones is 1. The monoisotopic (exact) mass is 615 g/mol. The van der Waals surface area contributed by atoms with E-state index in [-0.39, 0.29) is 78.1 Å². The number of aromatic nitrogens is 3. The number of furan rings is 1. The van der Waals surface area contributed by atoms with Gasteiger partial charge in [-0.15, -0.1) is 0 Å². The van der Waals surface area contributed by atoms with Gasteiger partial charge in [0.2, 0.25) is 5.88 Å². The third-order valence-corrected chi connectivity index (χ3v) is 8.59. The number of piperidine rings is 1. The summed E-state index contributed by atoms with van der Waals surface area (Å²) in [6.45, 7) is 1.69. The van der Waals surface area contributed by atoms with Crippen molar-refractivity contribution in [1.82, 2.24) is 19.9 Å². The zero-order chi connectivity index (χ0) is 30.0. The molecule has 0 radical (unpaired) electrons. The van der Waals surface area contributed by atoms with E-state index in [1.165, 1.54) is 24.1 Å². The van der Waals surface area contributed by atoms with Gasteiger partial charge in [0.1, 0.15) is 29.5 Å². The summed E-state index contributed by atoms with van der Waals surface area (Å²) < 4.78 is 61.8. The molecule has 3 fully saturated rings. The summed E-state index contributed by atoms with van der Waals surface area (Å²) in [5, 5.41) is 0.751. The van der Waals surface area contributed by atoms with E-state index in [0.717, 1.165) is 0 Å². The van der Waals surface area contributed by atoms with Crippen LogP contribution in [0.4, 0.5) is 23.8 Å². The van der Waals surface area contributed by atoms with Crippen LogP contribution in [0.1, 0.15) is 44.0 Å². The lowest BCUT2D eigenvalue weighted by molar-refractivity contribution is -0.118. The Morgan fingerprint density at radius 3 is 2.84 bits per heavy atom. The average molecular weight is 616 g/mol. The second kappa shape index (κ2) is 10.2. The molecule has 0 unspecified atom stereocenters. The van der Waals surface area contributed by atoms with E-state index in [0.29, 0.717) is 11.0 Å². The number of cyclic esters (lactones) is 1. The van der Waals surface area contributed by atoms with Crippen molar-refractivity contribution in [1.29, 1.82) is 0 Å². The molecule has 224 valence electrons. The summed E-state index contributed by atoms with van der Waals surface area (Å²) >= 11 is 6.23. The van der Waals surface area contributed by atoms with Crippen molar-refractivity contribution in [2.45, 2.75) is 56.5 Å². The van der Waals surface area contributed by atoms with Gasteiger partial charge in [-0.05, 0) is 25.1 Å². The highest BCUT2D eigenvalue weighted by Crippen LogP contribution is 2.46. The van der Waals surface area contributed by atoms with E-state index in [1.54, 1.807) is 29.2 Å². The molecule has 0 spiro atoms. The van der Waals surface area contributed by atoms with Gasteiger partial charge >= 0.3 is 6.09 Å². The minimum atomic E-state index is -2.96. The first-order valence-corrected chi connectivity index (χ1v) is 14.2. The normalized spacial score (nSPS) is 25.5. The lowest BCUT2D eigenvalue weighted by Gasteiger charge is -2.37. The molecule has 3 aromatic heterocycles. The van der Waals surface area contributed by atoms with Crippen LogP contribution in [0.3, 0.4) is 0 Å². The number of nitrogens with zero attached hydrogens (tertiary/aromatic N) is 5. The number of amides is 1. The molecule has 10 nitrogen and oxygen atoms in total. The Bertz CT molecular complexity index is 1770. The van der Waals surface area contributed by atoms with Crippen LogP contribution in [-0.4, -0.2) is 69.6 Å². The summed E-state index contributed by atoms with van der Waals surface area (Å²) in [4.78, 5) is 40.4. The molecule has 3 aliphatic heterocycles. The number of anilines is 1. The third-order valence-electron chi connectivity index (χ3n) is 8.38. The van der Waals surface area contributed by atoms with Gasteiger partial charge in [0, 0.05) is 37.4 Å². The molecule has 1 aromatic carbocycles. The summed E-state index contributed by atoms with van der Waals surface area (Å²) in [5.74, 6) is -0.878. The van der Waals surface area contributed by atoms with E-state index >= 15 is 4.39 Å². The van der Waals surface area contributed by atoms with Crippen LogP contribution in [0, 0.1) is 0 Å². The topological polar surface area (TPSA) is 111 Å². The number of halogens is 4. The van der Waals surface area contributed by atoms with Crippen molar-refractivity contribution in [3.05, 3.63) is 52.9 Å². The van der Waals surface area contributed by atoms with Crippen LogP contribution >= 0.6 is 11.6 Å². The number of ether oxygens (including phenoxy) is 2. The van der Waals surface area contributed by atoms with E-state index in [1.807, 2.05) is 0 Å². The summed E-state index contributed by atoms with van der Waals surface area (Å²) in [5.41, 5.74) is -0.942. The fourth-order valence-corrected chi connectivity index (χ4v) is 6.50. The van der Waals surface area contributed by atoms with Crippen molar-refractivity contribution in [2.75, 3.05) is 24.6 Å². The molecule has 0 saturated carbocycles. The second-order valence-electron chi connectivity index (χ2n) is 11.1. The summed E-state index contributed by atoms with van der Waals surface area (Å²) in [6, 6.07) is 7.14. The van der Waals surface area contributed by atoms with Crippen LogP contribution < -0.4 is 9.64 Å². The first kappa shape index (κ1) is 27.7. The maximum Gasteiger partial charge on any atom is 0.410 e. The molecule has 4 atom stereocenters. The highest BCUT2D eigenvalue weighted by molar-refractivity contribution is 6.30. The summed E-state index contributed by atoms with van der Waals surface area (Å²) in [6.07, 6.45) is -2.65. The quantitative estimate of drug-likeness (QED) is 0.267. The highest BCUT2D eigenvalue weighted by Gasteiger charge is 2.49. The number of pyridine rings is 1. The average Bonchev–Trinajstić information content (AvgIpc) is 3.68. The predicted octanol–water partition coefficient (Wildman–Crippen LogP) is 5.76. The molecule has 14 heteroatoms. The lowest BCUT2D eigenvalue weighted by Crippen LogP contribution is -2.46. The number of hydrogen-bond donors (Lipinski definition) is 0. The Balaban J connectivity index is 1.23. The molecule has 43 heavy (non-hydrogen) atoms. The van der Waals surface area contributed by atoms with Gasteiger partial charge in [-0.25, -0.2) is 32.9 Å². The minimum absolute atomic E-state index is 0.00425. The Labute approximate surface area is 247 Å². The zero-order valence-corrected chi connectivity index (χ0v) is 23.6. The minimum Gasteiger partial charge on any atom is -0.472 e. The molecule has 6 heterocycles. The number of benzene rings is 1. The molecule has 0 bridgehead atoms. The van der Waals surface area contributed by atoms with Gasteiger partial charge in [0.15, 0.2) is 23.0 Å². The van der Waals surface area contributed by atoms with Gasteiger partial charge in [-0.3, -0.25) is 4.79 Å². The fraction of sp³-hybridized carbons (Fsp3) is 0.414. The number of Topliss-reactive ketones (excluding diaryl/α,β-unsaturated/α-hetero) is 1. The molecule has 0 N–H and O–H groups in total. The molecule has 0 aliphatic carbocycles. The Morgan fingerprint density at radius 2 is 2.05 bits per heavy atom. The fourth-order valence-electron chi connectivity index (χ4n) is 6.34. The molecular weight excluding hydrogens is 591 g/mol. The third kappa shape index (κ3) is 4.70. The van der Waals surface area contributed by atoms with Gasteiger partial charge in [-0.2, -0.15) is 0 Å². The van der Waals surface area contributed by atoms with Crippen LogP contribution in [0.15, 0.2) is 40.9 Å². The molecule has 4 aromatic rings. The smallest absolute Gasteiger partial charge is 0.410 e. The van der Waals surface area contributed by atoms with Crippen molar-refractivity contribution < 1.29 is 36.7 Å². The zero-order valence-electron chi connectivity index (χ0n) is 22.8. The number of carbonyl (C=O) groups excluding carboxylic acids is 2. The number of fused-ring (bicyclic) bond motifs is 4. The molecule has 7 rings (SSSR count). The largest absolute Gasteiger partial charge is 0.472 e. The number of hydrogen-bond acceptors (Lipinski definition) is 9. The standard InChI is InChI=1S/C29H25ClF3N5O5/c1-14(39)20-9-17(12-38(20)26-23-22(35-25(36-26)24(31)32)18-4-2-3-5-21(18)43-23)42-27-19(8-15(30)11-34-27)29(33)6-7-37-16(10-29)13-41-28(37)40/h2-5,8,11,16-17,20,24H,6-7,9-10,12-13H2,1H3/t16-,17+,20+,29-/m1/s1. The van der Waals surface area contributed by atoms with Gasteiger partial charge in [-0.1, -0.05) is 23.7 Å². The SMILES string of the molecule is CC(=O)[C@@H]1C[C@H](Oc2ncc(Cl)cc2[C@@]2(F)CCN3C(=O)OC[C@H]3C2)CN1c1nc(C(F)F)nc2c1oc1ccccc12. The van der Waals surface area contributed by atoms with Crippen molar-refractivity contribution in [2.24, 2.45) is 0 Å². The highest BCUT2D eigenvalue weighted by atomic mass is 35.5. The first-order chi connectivity index (χ1) is 20.6. The number of alkyl halides is 3. The molecule has 1 amide bonds. The predicted molar refractivity (Wildman–Crippen MR) is 148 cm³/mol. The van der Waals surface area contributed by atoms with Gasteiger partial charge < -0.3 is 23.7 Å². The Morgan fingerprint density at radius 1 is 1.23 bits per heavy atom. The number of para-hydroxylation sites is 1. The van der Waals surface area contributed by atoms with E-state index < -0.39 is 42.2 Å². The molecular formula is C29H25ClF3N5O5. The van der Waals surface area contributed by atoms with Crippen molar-refractivity contribution in [3.63, 3.8) is 0 Å². The molecule has 3 aliphatic rings. The van der Waals surface area contributed by atoms with E-state index in [4.69, 9.17) is 25.5 Å². The first-order valence-electron chi connectivity index (χ1n) is 13.8. The van der Waals surface area contributed by atoms with Crippen molar-refractivity contribution in [3.8, 4) is 5.88 Å². The lowest BCUT2D eigenvalue weighted by atomic mass is 9.83. The van der Waals surface area contributed by atoms with Crippen LogP contribution in [0.25, 0.3) is 22.1 Å². The Hall–Kier alpha value is -4.13. The van der Waals surface area contributed by atoms with Crippen molar-refractivity contribution >= 4 is 51.4 Å². The number of carbonyl (C=O) groups is 2. The Kier molecular flexibility index (Phi) is 6.60.